The zero-order valence-electron chi connectivity index (χ0n) is 18.1. The predicted octanol–water partition coefficient (Wildman–Crippen LogP) is 6.05. The Bertz CT molecular complexity index is 1320. The van der Waals surface area contributed by atoms with Crippen molar-refractivity contribution in [3.05, 3.63) is 88.5 Å². The number of hydrogen-bond acceptors (Lipinski definition) is 4. The summed E-state index contributed by atoms with van der Waals surface area (Å²) in [7, 11) is 0. The molecule has 8 heteroatoms. The quantitative estimate of drug-likeness (QED) is 0.451. The normalized spacial score (nSPS) is 13.9. The van der Waals surface area contributed by atoms with Gasteiger partial charge in [-0.3, -0.25) is 4.79 Å². The van der Waals surface area contributed by atoms with Gasteiger partial charge in [0.15, 0.2) is 11.5 Å². The van der Waals surface area contributed by atoms with Crippen LogP contribution in [0.15, 0.2) is 60.7 Å². The van der Waals surface area contributed by atoms with Crippen molar-refractivity contribution >= 4 is 23.2 Å². The molecule has 1 heterocycles. The van der Waals surface area contributed by atoms with Gasteiger partial charge in [-0.05, 0) is 48.9 Å². The fraction of sp³-hybridized carbons (Fsp3) is 0.154. The molecule has 0 aliphatic carbocycles. The number of nitriles is 1. The van der Waals surface area contributed by atoms with E-state index >= 15 is 0 Å². The number of ether oxygens (including phenoxy) is 2. The number of halogens is 3. The zero-order valence-corrected chi connectivity index (χ0v) is 18.1. The molecule has 0 unspecified atom stereocenters. The molecule has 4 rings (SSSR count). The number of anilines is 1. The SMILES string of the molecule is CCOc1cc(/C=C2\C(=O)Nc3cc(C(F)(F)F)ccc32)ccc1OCc1ccccc1C#N. The van der Waals surface area contributed by atoms with Gasteiger partial charge in [0.1, 0.15) is 6.61 Å². The first-order valence-electron chi connectivity index (χ1n) is 10.4. The number of nitrogens with zero attached hydrogens (tertiary/aromatic N) is 1. The monoisotopic (exact) mass is 464 g/mol. The molecule has 3 aromatic rings. The second-order valence-electron chi connectivity index (χ2n) is 7.47. The van der Waals surface area contributed by atoms with Crippen molar-refractivity contribution in [2.75, 3.05) is 11.9 Å². The molecular weight excluding hydrogens is 445 g/mol. The Morgan fingerprint density at radius 1 is 1.03 bits per heavy atom. The number of amides is 1. The van der Waals surface area contributed by atoms with Gasteiger partial charge in [0.05, 0.1) is 23.8 Å². The highest BCUT2D eigenvalue weighted by atomic mass is 19.4. The fourth-order valence-electron chi connectivity index (χ4n) is 3.59. The lowest BCUT2D eigenvalue weighted by Gasteiger charge is -2.13. The number of benzene rings is 3. The van der Waals surface area contributed by atoms with Gasteiger partial charge in [-0.1, -0.05) is 30.3 Å². The summed E-state index contributed by atoms with van der Waals surface area (Å²) in [4.78, 5) is 12.5. The largest absolute Gasteiger partial charge is 0.490 e. The van der Waals surface area contributed by atoms with E-state index in [0.717, 1.165) is 17.7 Å². The average Bonchev–Trinajstić information content (AvgIpc) is 3.12. The van der Waals surface area contributed by atoms with Crippen LogP contribution in [-0.4, -0.2) is 12.5 Å². The van der Waals surface area contributed by atoms with Crippen LogP contribution in [0.5, 0.6) is 11.5 Å². The molecule has 0 atom stereocenters. The van der Waals surface area contributed by atoms with Crippen molar-refractivity contribution in [2.24, 2.45) is 0 Å². The van der Waals surface area contributed by atoms with E-state index in [1.807, 2.05) is 13.0 Å². The summed E-state index contributed by atoms with van der Waals surface area (Å²) in [6, 6.07) is 17.5. The minimum Gasteiger partial charge on any atom is -0.490 e. The Morgan fingerprint density at radius 2 is 1.82 bits per heavy atom. The van der Waals surface area contributed by atoms with Gasteiger partial charge in [0.25, 0.3) is 5.91 Å². The molecule has 0 saturated heterocycles. The minimum atomic E-state index is -4.50. The van der Waals surface area contributed by atoms with E-state index in [2.05, 4.69) is 11.4 Å². The second-order valence-corrected chi connectivity index (χ2v) is 7.47. The van der Waals surface area contributed by atoms with Crippen molar-refractivity contribution in [1.82, 2.24) is 0 Å². The van der Waals surface area contributed by atoms with Crippen LogP contribution in [0.2, 0.25) is 0 Å². The Labute approximate surface area is 194 Å². The van der Waals surface area contributed by atoms with Gasteiger partial charge >= 0.3 is 6.18 Å². The zero-order chi connectivity index (χ0) is 24.3. The second kappa shape index (κ2) is 9.32. The maximum absolute atomic E-state index is 13.0. The van der Waals surface area contributed by atoms with Crippen LogP contribution in [0.1, 0.15) is 34.7 Å². The summed E-state index contributed by atoms with van der Waals surface area (Å²) < 4.78 is 50.6. The molecule has 34 heavy (non-hydrogen) atoms. The lowest BCUT2D eigenvalue weighted by molar-refractivity contribution is -0.137. The molecule has 0 spiro atoms. The van der Waals surface area contributed by atoms with Gasteiger partial charge in [-0.25, -0.2) is 0 Å². The number of carbonyl (C=O) groups is 1. The first-order chi connectivity index (χ1) is 16.3. The maximum Gasteiger partial charge on any atom is 0.416 e. The van der Waals surface area contributed by atoms with Gasteiger partial charge in [0, 0.05) is 22.4 Å². The van der Waals surface area contributed by atoms with E-state index < -0.39 is 17.6 Å². The first-order valence-corrected chi connectivity index (χ1v) is 10.4. The van der Waals surface area contributed by atoms with E-state index in [1.165, 1.54) is 6.07 Å². The molecule has 1 aliphatic rings. The highest BCUT2D eigenvalue weighted by Crippen LogP contribution is 2.39. The number of fused-ring (bicyclic) bond motifs is 1. The van der Waals surface area contributed by atoms with Crippen LogP contribution < -0.4 is 14.8 Å². The number of alkyl halides is 3. The standard InChI is InChI=1S/C26H19F3N2O3/c1-2-33-24-12-16(7-10-23(24)34-15-18-6-4-3-5-17(18)14-30)11-21-20-9-8-19(26(27,28)29)13-22(20)31-25(21)32/h3-13H,2,15H2,1H3,(H,31,32)/b21-11-. The van der Waals surface area contributed by atoms with E-state index in [1.54, 1.807) is 42.5 Å². The van der Waals surface area contributed by atoms with E-state index in [9.17, 15) is 23.2 Å². The topological polar surface area (TPSA) is 71.3 Å². The van der Waals surface area contributed by atoms with Crippen LogP contribution >= 0.6 is 0 Å². The molecule has 172 valence electrons. The summed E-state index contributed by atoms with van der Waals surface area (Å²) in [6.45, 7) is 2.36. The highest BCUT2D eigenvalue weighted by molar-refractivity contribution is 6.34. The lowest BCUT2D eigenvalue weighted by atomic mass is 10.0. The van der Waals surface area contributed by atoms with Gasteiger partial charge in [-0.2, -0.15) is 18.4 Å². The van der Waals surface area contributed by atoms with E-state index in [-0.39, 0.29) is 17.9 Å². The summed E-state index contributed by atoms with van der Waals surface area (Å²) in [5, 5.41) is 11.7. The van der Waals surface area contributed by atoms with Gasteiger partial charge in [-0.15, -0.1) is 0 Å². The van der Waals surface area contributed by atoms with Crippen molar-refractivity contribution in [3.63, 3.8) is 0 Å². The third kappa shape index (κ3) is 4.74. The van der Waals surface area contributed by atoms with Crippen molar-refractivity contribution < 1.29 is 27.4 Å². The number of hydrogen-bond donors (Lipinski definition) is 1. The summed E-state index contributed by atoms with van der Waals surface area (Å²) in [6.07, 6.45) is -2.91. The molecule has 1 aliphatic heterocycles. The van der Waals surface area contributed by atoms with Crippen LogP contribution in [0, 0.1) is 11.3 Å². The van der Waals surface area contributed by atoms with E-state index in [0.29, 0.717) is 34.8 Å². The third-order valence-corrected chi connectivity index (χ3v) is 5.23. The van der Waals surface area contributed by atoms with Crippen molar-refractivity contribution in [2.45, 2.75) is 19.7 Å². The lowest BCUT2D eigenvalue weighted by Crippen LogP contribution is -2.06. The fourth-order valence-corrected chi connectivity index (χ4v) is 3.59. The predicted molar refractivity (Wildman–Crippen MR) is 121 cm³/mol. The molecule has 0 radical (unpaired) electrons. The number of rotatable bonds is 6. The Kier molecular flexibility index (Phi) is 6.28. The van der Waals surface area contributed by atoms with Crippen molar-refractivity contribution in [3.8, 4) is 17.6 Å². The smallest absolute Gasteiger partial charge is 0.416 e. The molecule has 5 nitrogen and oxygen atoms in total. The number of carbonyl (C=O) groups excluding carboxylic acids is 1. The molecule has 0 fully saturated rings. The van der Waals surface area contributed by atoms with Crippen molar-refractivity contribution in [1.29, 1.82) is 5.26 Å². The summed E-state index contributed by atoms with van der Waals surface area (Å²) in [5.74, 6) is 0.417. The first kappa shape index (κ1) is 22.9. The average molecular weight is 464 g/mol. The molecule has 1 amide bonds. The maximum atomic E-state index is 13.0. The van der Waals surface area contributed by atoms with Gasteiger partial charge in [0.2, 0.25) is 0 Å². The van der Waals surface area contributed by atoms with E-state index in [4.69, 9.17) is 9.47 Å². The summed E-state index contributed by atoms with van der Waals surface area (Å²) >= 11 is 0. The van der Waals surface area contributed by atoms with Gasteiger partial charge < -0.3 is 14.8 Å². The Hall–Kier alpha value is -4.25. The Balaban J connectivity index is 1.62. The minimum absolute atomic E-state index is 0.118. The highest BCUT2D eigenvalue weighted by Gasteiger charge is 2.33. The third-order valence-electron chi connectivity index (χ3n) is 5.23. The molecule has 0 bridgehead atoms. The molecule has 0 aromatic heterocycles. The molecule has 1 N–H and O–H groups in total. The summed E-state index contributed by atoms with van der Waals surface area (Å²) in [5.41, 5.74) is 1.80. The van der Waals surface area contributed by atoms with Crippen LogP contribution in [0.4, 0.5) is 18.9 Å². The Morgan fingerprint density at radius 3 is 2.56 bits per heavy atom. The van der Waals surface area contributed by atoms with Crippen LogP contribution in [0.25, 0.3) is 11.6 Å². The number of nitrogens with one attached hydrogen (secondary N) is 1. The molecular formula is C26H19F3N2O3. The molecule has 0 saturated carbocycles. The van der Waals surface area contributed by atoms with Crippen LogP contribution in [0.3, 0.4) is 0 Å². The molecule has 3 aromatic carbocycles. The van der Waals surface area contributed by atoms with Crippen LogP contribution in [-0.2, 0) is 17.6 Å².